The van der Waals surface area contributed by atoms with Gasteiger partial charge in [0.15, 0.2) is 0 Å². The van der Waals surface area contributed by atoms with Crippen LogP contribution in [0.1, 0.15) is 6.92 Å². The van der Waals surface area contributed by atoms with Gasteiger partial charge in [-0.3, -0.25) is 0 Å². The van der Waals surface area contributed by atoms with Crippen molar-refractivity contribution < 1.29 is 8.42 Å². The van der Waals surface area contributed by atoms with Crippen LogP contribution in [0.2, 0.25) is 0 Å². The van der Waals surface area contributed by atoms with Gasteiger partial charge in [-0.25, -0.2) is 12.7 Å². The Labute approximate surface area is 108 Å². The summed E-state index contributed by atoms with van der Waals surface area (Å²) in [7, 11) is -0.464. The van der Waals surface area contributed by atoms with Gasteiger partial charge < -0.3 is 11.1 Å². The van der Waals surface area contributed by atoms with Crippen LogP contribution >= 0.6 is 0 Å². The van der Waals surface area contributed by atoms with Crippen LogP contribution in [0.15, 0.2) is 35.7 Å². The number of benzene rings is 1. The molecular weight excluding hydrogens is 250 g/mol. The van der Waals surface area contributed by atoms with E-state index in [4.69, 9.17) is 5.73 Å². The lowest BCUT2D eigenvalue weighted by molar-refractivity contribution is 0.521. The van der Waals surface area contributed by atoms with E-state index in [0.717, 1.165) is 0 Å². The summed E-state index contributed by atoms with van der Waals surface area (Å²) >= 11 is 0. The normalized spacial score (nSPS) is 13.3. The minimum absolute atomic E-state index is 0.00427. The lowest BCUT2D eigenvalue weighted by Crippen LogP contribution is -2.22. The fourth-order valence-electron chi connectivity index (χ4n) is 1.34. The summed E-state index contributed by atoms with van der Waals surface area (Å²) in [6.07, 6.45) is 1.71. The van der Waals surface area contributed by atoms with E-state index in [2.05, 4.69) is 11.9 Å². The molecule has 0 spiro atoms. The molecule has 1 aromatic carbocycles. The molecule has 3 N–H and O–H groups in total. The maximum absolute atomic E-state index is 12.0. The molecule has 0 aromatic heterocycles. The van der Waals surface area contributed by atoms with Gasteiger partial charge in [-0.2, -0.15) is 0 Å². The molecule has 1 aromatic rings. The second-order valence-corrected chi connectivity index (χ2v) is 6.36. The zero-order valence-corrected chi connectivity index (χ0v) is 11.7. The van der Waals surface area contributed by atoms with E-state index in [1.54, 1.807) is 12.1 Å². The maximum Gasteiger partial charge on any atom is 0.242 e. The second kappa shape index (κ2) is 5.41. The van der Waals surface area contributed by atoms with Crippen molar-refractivity contribution in [1.82, 2.24) is 4.31 Å². The molecule has 18 heavy (non-hydrogen) atoms. The molecule has 1 unspecified atom stereocenters. The Bertz CT molecular complexity index is 538. The minimum Gasteiger partial charge on any atom is -0.397 e. The Kier molecular flexibility index (Phi) is 4.37. The van der Waals surface area contributed by atoms with Crippen molar-refractivity contribution in [3.8, 4) is 0 Å². The van der Waals surface area contributed by atoms with Gasteiger partial charge in [-0.15, -0.1) is 6.58 Å². The fourth-order valence-corrected chi connectivity index (χ4v) is 2.26. The zero-order valence-electron chi connectivity index (χ0n) is 10.8. The first-order valence-corrected chi connectivity index (χ1v) is 6.94. The van der Waals surface area contributed by atoms with E-state index in [1.807, 2.05) is 6.92 Å². The van der Waals surface area contributed by atoms with Crippen LogP contribution in [0.25, 0.3) is 0 Å². The van der Waals surface area contributed by atoms with Crippen molar-refractivity contribution in [2.45, 2.75) is 17.9 Å². The molecule has 6 heteroatoms. The Balaban J connectivity index is 3.20. The van der Waals surface area contributed by atoms with Crippen molar-refractivity contribution in [2.24, 2.45) is 0 Å². The van der Waals surface area contributed by atoms with E-state index in [1.165, 1.54) is 30.5 Å². The number of anilines is 2. The molecular formula is C12H19N3O2S. The summed E-state index contributed by atoms with van der Waals surface area (Å²) < 4.78 is 25.1. The van der Waals surface area contributed by atoms with E-state index in [0.29, 0.717) is 11.4 Å². The second-order valence-electron chi connectivity index (χ2n) is 4.21. The molecule has 0 saturated carbocycles. The molecule has 100 valence electrons. The Morgan fingerprint density at radius 1 is 1.44 bits per heavy atom. The smallest absolute Gasteiger partial charge is 0.242 e. The molecule has 0 aliphatic heterocycles. The van der Waals surface area contributed by atoms with Crippen LogP contribution in [-0.2, 0) is 10.0 Å². The monoisotopic (exact) mass is 269 g/mol. The number of nitrogens with zero attached hydrogens (tertiary/aromatic N) is 1. The van der Waals surface area contributed by atoms with Gasteiger partial charge in [-0.1, -0.05) is 6.08 Å². The molecule has 0 radical (unpaired) electrons. The molecule has 0 amide bonds. The van der Waals surface area contributed by atoms with Crippen LogP contribution in [0.5, 0.6) is 0 Å². The summed E-state index contributed by atoms with van der Waals surface area (Å²) in [5, 5.41) is 3.09. The molecule has 1 rings (SSSR count). The summed E-state index contributed by atoms with van der Waals surface area (Å²) in [5.74, 6) is 0. The van der Waals surface area contributed by atoms with Gasteiger partial charge in [0.1, 0.15) is 0 Å². The largest absolute Gasteiger partial charge is 0.397 e. The van der Waals surface area contributed by atoms with Crippen molar-refractivity contribution in [3.63, 3.8) is 0 Å². The third-order valence-corrected chi connectivity index (χ3v) is 4.35. The Morgan fingerprint density at radius 3 is 2.56 bits per heavy atom. The van der Waals surface area contributed by atoms with E-state index < -0.39 is 10.0 Å². The van der Waals surface area contributed by atoms with Gasteiger partial charge in [0.25, 0.3) is 0 Å². The van der Waals surface area contributed by atoms with Crippen molar-refractivity contribution in [3.05, 3.63) is 30.9 Å². The average molecular weight is 269 g/mol. The van der Waals surface area contributed by atoms with Crippen LogP contribution < -0.4 is 11.1 Å². The van der Waals surface area contributed by atoms with E-state index in [-0.39, 0.29) is 10.9 Å². The highest BCUT2D eigenvalue weighted by molar-refractivity contribution is 7.89. The molecule has 0 bridgehead atoms. The van der Waals surface area contributed by atoms with Crippen LogP contribution in [0.3, 0.4) is 0 Å². The van der Waals surface area contributed by atoms with Crippen molar-refractivity contribution in [2.75, 3.05) is 25.1 Å². The van der Waals surface area contributed by atoms with Gasteiger partial charge >= 0.3 is 0 Å². The van der Waals surface area contributed by atoms with Crippen molar-refractivity contribution in [1.29, 1.82) is 0 Å². The number of nitrogens with two attached hydrogens (primary N) is 1. The standard InChI is InChI=1S/C12H19N3O2S/c1-5-9(2)14-12-8-10(6-7-11(12)13)18(16,17)15(3)4/h5-9,14H,1,13H2,2-4H3. The van der Waals surface area contributed by atoms with E-state index >= 15 is 0 Å². The number of nitrogens with one attached hydrogen (secondary N) is 1. The third kappa shape index (κ3) is 3.02. The van der Waals surface area contributed by atoms with Gasteiger partial charge in [-0.05, 0) is 25.1 Å². The van der Waals surface area contributed by atoms with Crippen molar-refractivity contribution >= 4 is 21.4 Å². The molecule has 1 atom stereocenters. The first kappa shape index (κ1) is 14.5. The van der Waals surface area contributed by atoms with Crippen LogP contribution in [-0.4, -0.2) is 32.9 Å². The Hall–Kier alpha value is -1.53. The molecule has 0 saturated heterocycles. The zero-order chi connectivity index (χ0) is 13.9. The molecule has 5 nitrogen and oxygen atoms in total. The summed E-state index contributed by atoms with van der Waals surface area (Å²) in [6.45, 7) is 5.56. The fraction of sp³-hybridized carbons (Fsp3) is 0.333. The Morgan fingerprint density at radius 2 is 2.06 bits per heavy atom. The predicted octanol–water partition coefficient (Wildman–Crippen LogP) is 1.51. The topological polar surface area (TPSA) is 75.4 Å². The third-order valence-electron chi connectivity index (χ3n) is 2.54. The van der Waals surface area contributed by atoms with Crippen LogP contribution in [0, 0.1) is 0 Å². The number of rotatable bonds is 5. The molecule has 0 fully saturated rings. The summed E-state index contributed by atoms with van der Waals surface area (Å²) in [5.41, 5.74) is 6.90. The van der Waals surface area contributed by atoms with E-state index in [9.17, 15) is 8.42 Å². The first-order valence-electron chi connectivity index (χ1n) is 5.50. The number of hydrogen-bond acceptors (Lipinski definition) is 4. The highest BCUT2D eigenvalue weighted by Gasteiger charge is 2.18. The molecule has 0 aliphatic rings. The van der Waals surface area contributed by atoms with Gasteiger partial charge in [0.2, 0.25) is 10.0 Å². The van der Waals surface area contributed by atoms with Crippen LogP contribution in [0.4, 0.5) is 11.4 Å². The number of hydrogen-bond donors (Lipinski definition) is 2. The summed E-state index contributed by atoms with van der Waals surface area (Å²) in [6, 6.07) is 4.61. The number of nitrogen functional groups attached to an aromatic ring is 1. The SMILES string of the molecule is C=CC(C)Nc1cc(S(=O)(=O)N(C)C)ccc1N. The molecule has 0 heterocycles. The highest BCUT2D eigenvalue weighted by atomic mass is 32.2. The predicted molar refractivity (Wildman–Crippen MR) is 75.0 cm³/mol. The maximum atomic E-state index is 12.0. The van der Waals surface area contributed by atoms with Gasteiger partial charge in [0, 0.05) is 20.1 Å². The minimum atomic E-state index is -3.45. The lowest BCUT2D eigenvalue weighted by Gasteiger charge is -2.16. The summed E-state index contributed by atoms with van der Waals surface area (Å²) in [4.78, 5) is 0.209. The quantitative estimate of drug-likeness (QED) is 0.627. The number of sulfonamides is 1. The van der Waals surface area contributed by atoms with Gasteiger partial charge in [0.05, 0.1) is 16.3 Å². The lowest BCUT2D eigenvalue weighted by atomic mass is 10.2. The first-order chi connectivity index (χ1) is 8.28. The average Bonchev–Trinajstić information content (AvgIpc) is 2.31. The highest BCUT2D eigenvalue weighted by Crippen LogP contribution is 2.24. The molecule has 0 aliphatic carbocycles.